The molecule has 3 aromatic rings. The highest BCUT2D eigenvalue weighted by Crippen LogP contribution is 2.24. The second-order valence-electron chi connectivity index (χ2n) is 11.4. The van der Waals surface area contributed by atoms with Gasteiger partial charge in [-0.2, -0.15) is 0 Å². The number of piperidine rings is 1. The van der Waals surface area contributed by atoms with Crippen molar-refractivity contribution in [2.24, 2.45) is 5.73 Å². The number of hydrogen-bond donors (Lipinski definition) is 6. The number of aliphatic hydroxyl groups excluding tert-OH is 1. The van der Waals surface area contributed by atoms with Crippen LogP contribution in [0.4, 0.5) is 5.69 Å². The number of para-hydroxylation sites is 1. The van der Waals surface area contributed by atoms with Gasteiger partial charge in [0.05, 0.1) is 30.0 Å². The number of carbonyl (C=O) groups is 4. The molecular formula is C32H39N7O5. The van der Waals surface area contributed by atoms with Gasteiger partial charge < -0.3 is 37.0 Å². The summed E-state index contributed by atoms with van der Waals surface area (Å²) in [5.74, 6) is -1.53. The van der Waals surface area contributed by atoms with Crippen molar-refractivity contribution in [1.82, 2.24) is 25.8 Å². The van der Waals surface area contributed by atoms with Crippen molar-refractivity contribution in [3.8, 4) is 0 Å². The highest BCUT2D eigenvalue weighted by atomic mass is 16.3. The highest BCUT2D eigenvalue weighted by molar-refractivity contribution is 5.99. The third kappa shape index (κ3) is 7.76. The molecule has 0 radical (unpaired) electrons. The summed E-state index contributed by atoms with van der Waals surface area (Å²) in [6, 6.07) is 16.7. The quantitative estimate of drug-likeness (QED) is 0.194. The number of nitrogens with one attached hydrogen (secondary N) is 4. The van der Waals surface area contributed by atoms with Crippen LogP contribution in [0.2, 0.25) is 0 Å². The van der Waals surface area contributed by atoms with E-state index in [1.807, 2.05) is 60.7 Å². The van der Waals surface area contributed by atoms with Crippen molar-refractivity contribution >= 4 is 40.2 Å². The molecule has 2 saturated heterocycles. The maximum Gasteiger partial charge on any atom is 0.249 e. The molecule has 0 aliphatic carbocycles. The van der Waals surface area contributed by atoms with Crippen LogP contribution < -0.4 is 27.0 Å². The van der Waals surface area contributed by atoms with E-state index in [0.29, 0.717) is 31.5 Å². The predicted octanol–water partition coefficient (Wildman–Crippen LogP) is 0.448. The fraction of sp³-hybridized carbons (Fsp3) is 0.406. The Morgan fingerprint density at radius 3 is 2.59 bits per heavy atom. The molecule has 0 bridgehead atoms. The Labute approximate surface area is 255 Å². The summed E-state index contributed by atoms with van der Waals surface area (Å²) in [6.45, 7) is 0.467. The van der Waals surface area contributed by atoms with Gasteiger partial charge >= 0.3 is 0 Å². The summed E-state index contributed by atoms with van der Waals surface area (Å²) < 4.78 is 0. The van der Waals surface area contributed by atoms with Crippen LogP contribution in [0.3, 0.4) is 0 Å². The van der Waals surface area contributed by atoms with Crippen LogP contribution in [-0.4, -0.2) is 88.5 Å². The first kappa shape index (κ1) is 31.0. The Bertz CT molecular complexity index is 1490. The monoisotopic (exact) mass is 601 g/mol. The van der Waals surface area contributed by atoms with E-state index in [-0.39, 0.29) is 43.8 Å². The molecule has 2 aliphatic heterocycles. The summed E-state index contributed by atoms with van der Waals surface area (Å²) in [5.41, 5.74) is 7.74. The number of aryl methyl sites for hydroxylation is 1. The Balaban J connectivity index is 1.28. The van der Waals surface area contributed by atoms with Gasteiger partial charge in [-0.15, -0.1) is 0 Å². The molecule has 7 N–H and O–H groups in total. The molecule has 232 valence electrons. The average Bonchev–Trinajstić information content (AvgIpc) is 3.47. The number of hydrogen-bond acceptors (Lipinski definition) is 8. The lowest BCUT2D eigenvalue weighted by molar-refractivity contribution is -0.139. The first-order valence-corrected chi connectivity index (χ1v) is 15.0. The highest BCUT2D eigenvalue weighted by Gasteiger charge is 2.43. The molecule has 3 heterocycles. The van der Waals surface area contributed by atoms with E-state index in [9.17, 15) is 24.3 Å². The van der Waals surface area contributed by atoms with Gasteiger partial charge in [0.1, 0.15) is 12.1 Å². The van der Waals surface area contributed by atoms with Crippen molar-refractivity contribution in [2.45, 2.75) is 62.4 Å². The number of fused-ring (bicyclic) bond motifs is 1. The number of anilines is 1. The number of likely N-dealkylation sites (tertiary alicyclic amines) is 1. The lowest BCUT2D eigenvalue weighted by Crippen LogP contribution is -2.57. The van der Waals surface area contributed by atoms with Gasteiger partial charge in [0, 0.05) is 24.0 Å². The van der Waals surface area contributed by atoms with Crippen LogP contribution in [0.25, 0.3) is 10.9 Å². The summed E-state index contributed by atoms with van der Waals surface area (Å²) in [6.07, 6.45) is 2.28. The first-order valence-electron chi connectivity index (χ1n) is 15.0. The molecule has 5 atom stereocenters. The summed E-state index contributed by atoms with van der Waals surface area (Å²) >= 11 is 0. The van der Waals surface area contributed by atoms with Crippen LogP contribution >= 0.6 is 0 Å². The van der Waals surface area contributed by atoms with Crippen molar-refractivity contribution in [1.29, 1.82) is 0 Å². The maximum absolute atomic E-state index is 13.8. The molecule has 12 heteroatoms. The van der Waals surface area contributed by atoms with Gasteiger partial charge in [-0.1, -0.05) is 48.5 Å². The normalized spacial score (nSPS) is 22.3. The Morgan fingerprint density at radius 1 is 1.02 bits per heavy atom. The Morgan fingerprint density at radius 2 is 1.80 bits per heavy atom. The molecule has 2 fully saturated rings. The number of nitrogens with two attached hydrogens (primary N) is 1. The maximum atomic E-state index is 13.8. The smallest absolute Gasteiger partial charge is 0.249 e. The SMILES string of the molecule is NCC(=O)NC1CCNC(C(=O)N2CC(NC(=O)C(O)CCc3ccccc3)CC2C(=O)Nc2cnc3ccccc3c2)C1. The van der Waals surface area contributed by atoms with Crippen LogP contribution in [-0.2, 0) is 25.6 Å². The van der Waals surface area contributed by atoms with E-state index in [0.717, 1.165) is 16.5 Å². The molecule has 5 rings (SSSR count). The molecule has 2 aromatic carbocycles. The number of pyridine rings is 1. The van der Waals surface area contributed by atoms with E-state index in [1.54, 1.807) is 6.20 Å². The summed E-state index contributed by atoms with van der Waals surface area (Å²) in [5, 5.41) is 23.2. The average molecular weight is 602 g/mol. The molecule has 2 aliphatic rings. The summed E-state index contributed by atoms with van der Waals surface area (Å²) in [4.78, 5) is 58.2. The predicted molar refractivity (Wildman–Crippen MR) is 165 cm³/mol. The zero-order chi connectivity index (χ0) is 31.1. The second-order valence-corrected chi connectivity index (χ2v) is 11.4. The largest absolute Gasteiger partial charge is 0.383 e. The number of rotatable bonds is 10. The van der Waals surface area contributed by atoms with Crippen LogP contribution in [0.15, 0.2) is 66.9 Å². The van der Waals surface area contributed by atoms with Crippen molar-refractivity contribution < 1.29 is 24.3 Å². The van der Waals surface area contributed by atoms with Gasteiger partial charge in [0.2, 0.25) is 23.6 Å². The minimum Gasteiger partial charge on any atom is -0.383 e. The minimum absolute atomic E-state index is 0.0992. The minimum atomic E-state index is -1.23. The van der Waals surface area contributed by atoms with E-state index >= 15 is 0 Å². The van der Waals surface area contributed by atoms with E-state index < -0.39 is 36.0 Å². The van der Waals surface area contributed by atoms with Crippen molar-refractivity contribution in [2.75, 3.05) is 25.0 Å². The Hall–Kier alpha value is -4.39. The number of nitrogens with zero attached hydrogens (tertiary/aromatic N) is 2. The van der Waals surface area contributed by atoms with Gasteiger partial charge in [-0.05, 0) is 56.3 Å². The van der Waals surface area contributed by atoms with Gasteiger partial charge in [0.25, 0.3) is 0 Å². The van der Waals surface area contributed by atoms with Gasteiger partial charge in [0.15, 0.2) is 0 Å². The molecule has 5 unspecified atom stereocenters. The number of aliphatic hydroxyl groups is 1. The third-order valence-corrected chi connectivity index (χ3v) is 8.20. The standard InChI is InChI=1S/C32H39N7O5/c33-17-29(41)36-22-12-13-34-26(15-22)32(44)39-19-24(38-31(43)28(40)11-10-20-6-2-1-3-7-20)16-27(39)30(42)37-23-14-21-8-4-5-9-25(21)35-18-23/h1-9,14,18,22,24,26-28,34,40H,10-13,15-17,19,33H2,(H,36,41)(H,37,42)(H,38,43). The third-order valence-electron chi connectivity index (χ3n) is 8.20. The zero-order valence-electron chi connectivity index (χ0n) is 24.4. The second kappa shape index (κ2) is 14.4. The van der Waals surface area contributed by atoms with Crippen LogP contribution in [0.5, 0.6) is 0 Å². The topological polar surface area (TPSA) is 179 Å². The molecule has 44 heavy (non-hydrogen) atoms. The Kier molecular flexibility index (Phi) is 10.2. The fourth-order valence-corrected chi connectivity index (χ4v) is 5.90. The number of carbonyl (C=O) groups excluding carboxylic acids is 4. The first-order chi connectivity index (χ1) is 21.3. The zero-order valence-corrected chi connectivity index (χ0v) is 24.4. The van der Waals surface area contributed by atoms with E-state index in [1.165, 1.54) is 4.90 Å². The fourth-order valence-electron chi connectivity index (χ4n) is 5.90. The van der Waals surface area contributed by atoms with E-state index in [2.05, 4.69) is 26.3 Å². The number of benzene rings is 2. The van der Waals surface area contributed by atoms with Crippen molar-refractivity contribution in [3.63, 3.8) is 0 Å². The van der Waals surface area contributed by atoms with Crippen molar-refractivity contribution in [3.05, 3.63) is 72.4 Å². The van der Waals surface area contributed by atoms with Gasteiger partial charge in [-0.25, -0.2) is 0 Å². The molecule has 12 nitrogen and oxygen atoms in total. The number of amides is 4. The lowest BCUT2D eigenvalue weighted by Gasteiger charge is -2.34. The van der Waals surface area contributed by atoms with Crippen LogP contribution in [0, 0.1) is 0 Å². The van der Waals surface area contributed by atoms with E-state index in [4.69, 9.17) is 5.73 Å². The van der Waals surface area contributed by atoms with Crippen LogP contribution in [0.1, 0.15) is 31.2 Å². The van der Waals surface area contributed by atoms with Gasteiger partial charge in [-0.3, -0.25) is 24.2 Å². The molecule has 4 amide bonds. The molecule has 1 aromatic heterocycles. The molecule has 0 saturated carbocycles. The lowest BCUT2D eigenvalue weighted by atomic mass is 9.98. The summed E-state index contributed by atoms with van der Waals surface area (Å²) in [7, 11) is 0. The molecule has 0 spiro atoms. The molecular weight excluding hydrogens is 562 g/mol. The number of aromatic nitrogens is 1.